The number of aliphatic hydroxyl groups excluding tert-OH is 1. The van der Waals surface area contributed by atoms with Crippen LogP contribution in [0.3, 0.4) is 0 Å². The normalized spacial score (nSPS) is 18.5. The largest absolute Gasteiger partial charge is 0.508 e. The number of hydrogen-bond acceptors (Lipinski definition) is 5. The summed E-state index contributed by atoms with van der Waals surface area (Å²) in [5.74, 6) is 0.798. The summed E-state index contributed by atoms with van der Waals surface area (Å²) in [6.07, 6.45) is -4.16. The Morgan fingerprint density at radius 2 is 1.85 bits per heavy atom. The summed E-state index contributed by atoms with van der Waals surface area (Å²) in [7, 11) is 0. The highest BCUT2D eigenvalue weighted by Crippen LogP contribution is 2.27. The average Bonchev–Trinajstić information content (AvgIpc) is 2.61. The smallest absolute Gasteiger partial charge is 0.389 e. The van der Waals surface area contributed by atoms with Gasteiger partial charge >= 0.3 is 6.18 Å². The molecule has 1 saturated heterocycles. The van der Waals surface area contributed by atoms with Gasteiger partial charge in [-0.05, 0) is 62.5 Å². The Morgan fingerprint density at radius 1 is 1.19 bits per heavy atom. The maximum absolute atomic E-state index is 12.6. The second kappa shape index (κ2) is 9.99. The van der Waals surface area contributed by atoms with Gasteiger partial charge in [-0.25, -0.2) is 0 Å². The zero-order chi connectivity index (χ0) is 19.0. The molecule has 1 aliphatic heterocycles. The van der Waals surface area contributed by atoms with Crippen LogP contribution in [-0.4, -0.2) is 54.8 Å². The van der Waals surface area contributed by atoms with Crippen molar-refractivity contribution in [3.8, 4) is 11.5 Å². The fourth-order valence-electron chi connectivity index (χ4n) is 3.15. The lowest BCUT2D eigenvalue weighted by Gasteiger charge is -2.32. The van der Waals surface area contributed by atoms with E-state index in [0.717, 1.165) is 25.9 Å². The van der Waals surface area contributed by atoms with E-state index in [0.29, 0.717) is 5.75 Å². The number of phenolic OH excluding ortho intramolecular Hbond substituents is 1. The number of ether oxygens (including phenoxy) is 1. The van der Waals surface area contributed by atoms with Crippen LogP contribution in [0.2, 0.25) is 0 Å². The van der Waals surface area contributed by atoms with Gasteiger partial charge < -0.3 is 25.6 Å². The first-order chi connectivity index (χ1) is 12.3. The van der Waals surface area contributed by atoms with Gasteiger partial charge in [0.15, 0.2) is 0 Å². The number of alkyl halides is 3. The molecule has 0 aliphatic carbocycles. The molecule has 4 N–H and O–H groups in total. The van der Waals surface area contributed by atoms with Crippen molar-refractivity contribution in [3.05, 3.63) is 24.3 Å². The Kier molecular flexibility index (Phi) is 7.99. The first kappa shape index (κ1) is 20.8. The molecule has 1 aromatic carbocycles. The predicted molar refractivity (Wildman–Crippen MR) is 92.3 cm³/mol. The molecule has 0 bridgehead atoms. The van der Waals surface area contributed by atoms with E-state index in [-0.39, 0.29) is 37.3 Å². The molecule has 1 unspecified atom stereocenters. The highest BCUT2D eigenvalue weighted by Gasteiger charge is 2.31. The molecule has 5 nitrogen and oxygen atoms in total. The minimum atomic E-state index is -4.17. The molecule has 1 heterocycles. The first-order valence-corrected chi connectivity index (χ1v) is 8.94. The third-order valence-corrected chi connectivity index (χ3v) is 4.59. The summed E-state index contributed by atoms with van der Waals surface area (Å²) < 4.78 is 43.2. The van der Waals surface area contributed by atoms with E-state index in [4.69, 9.17) is 4.74 Å². The Bertz CT molecular complexity index is 519. The fourth-order valence-corrected chi connectivity index (χ4v) is 3.15. The summed E-state index contributed by atoms with van der Waals surface area (Å²) in [6, 6.07) is 5.84. The van der Waals surface area contributed by atoms with Crippen LogP contribution in [0.1, 0.15) is 25.7 Å². The van der Waals surface area contributed by atoms with Crippen LogP contribution in [-0.2, 0) is 0 Å². The number of benzene rings is 1. The van der Waals surface area contributed by atoms with Crippen molar-refractivity contribution in [1.29, 1.82) is 0 Å². The van der Waals surface area contributed by atoms with Gasteiger partial charge in [-0.3, -0.25) is 0 Å². The summed E-state index contributed by atoms with van der Waals surface area (Å²) in [6.45, 7) is 1.81. The van der Waals surface area contributed by atoms with Crippen LogP contribution in [0.25, 0.3) is 0 Å². The lowest BCUT2D eigenvalue weighted by molar-refractivity contribution is -0.137. The van der Waals surface area contributed by atoms with Crippen LogP contribution in [0, 0.1) is 5.92 Å². The molecule has 1 aromatic rings. The topological polar surface area (TPSA) is 73.8 Å². The minimum absolute atomic E-state index is 0.0136. The van der Waals surface area contributed by atoms with Gasteiger partial charge in [-0.1, -0.05) is 0 Å². The molecular weight excluding hydrogens is 349 g/mol. The van der Waals surface area contributed by atoms with E-state index >= 15 is 0 Å². The molecule has 26 heavy (non-hydrogen) atoms. The predicted octanol–water partition coefficient (Wildman–Crippen LogP) is 2.43. The fraction of sp³-hybridized carbons (Fsp3) is 0.667. The molecule has 0 amide bonds. The van der Waals surface area contributed by atoms with E-state index in [1.165, 1.54) is 12.1 Å². The SMILES string of the molecule is Oc1ccc(OC[C@@H](O)CNC(CCC(F)(F)F)C2CCNCC2)cc1. The van der Waals surface area contributed by atoms with Crippen molar-refractivity contribution in [1.82, 2.24) is 10.6 Å². The second-order valence-electron chi connectivity index (χ2n) is 6.71. The zero-order valence-electron chi connectivity index (χ0n) is 14.6. The van der Waals surface area contributed by atoms with Crippen molar-refractivity contribution < 1.29 is 28.1 Å². The highest BCUT2D eigenvalue weighted by molar-refractivity contribution is 5.30. The number of nitrogens with one attached hydrogen (secondary N) is 2. The molecule has 0 radical (unpaired) electrons. The van der Waals surface area contributed by atoms with Crippen molar-refractivity contribution >= 4 is 0 Å². The maximum atomic E-state index is 12.6. The van der Waals surface area contributed by atoms with Gasteiger partial charge in [-0.2, -0.15) is 13.2 Å². The van der Waals surface area contributed by atoms with Gasteiger partial charge in [0, 0.05) is 19.0 Å². The third kappa shape index (κ3) is 7.80. The van der Waals surface area contributed by atoms with Gasteiger partial charge in [0.1, 0.15) is 24.2 Å². The molecule has 8 heteroatoms. The summed E-state index contributed by atoms with van der Waals surface area (Å²) in [5.41, 5.74) is 0. The van der Waals surface area contributed by atoms with E-state index in [1.807, 2.05) is 0 Å². The second-order valence-corrected chi connectivity index (χ2v) is 6.71. The molecule has 2 atom stereocenters. The van der Waals surface area contributed by atoms with Crippen LogP contribution >= 0.6 is 0 Å². The molecule has 0 aromatic heterocycles. The van der Waals surface area contributed by atoms with Gasteiger partial charge in [0.2, 0.25) is 0 Å². The number of aromatic hydroxyl groups is 1. The Hall–Kier alpha value is -1.51. The number of piperidine rings is 1. The van der Waals surface area contributed by atoms with Crippen molar-refractivity contribution in [2.24, 2.45) is 5.92 Å². The maximum Gasteiger partial charge on any atom is 0.389 e. The van der Waals surface area contributed by atoms with Crippen LogP contribution in [0.5, 0.6) is 11.5 Å². The van der Waals surface area contributed by atoms with E-state index in [2.05, 4.69) is 10.6 Å². The molecule has 1 aliphatic rings. The molecular formula is C18H27F3N2O3. The highest BCUT2D eigenvalue weighted by atomic mass is 19.4. The lowest BCUT2D eigenvalue weighted by atomic mass is 9.87. The third-order valence-electron chi connectivity index (χ3n) is 4.59. The van der Waals surface area contributed by atoms with Gasteiger partial charge in [0.05, 0.1) is 0 Å². The lowest BCUT2D eigenvalue weighted by Crippen LogP contribution is -2.45. The monoisotopic (exact) mass is 376 g/mol. The Labute approximate surface area is 151 Å². The van der Waals surface area contributed by atoms with Crippen molar-refractivity contribution in [3.63, 3.8) is 0 Å². The molecule has 0 spiro atoms. The molecule has 1 fully saturated rings. The van der Waals surface area contributed by atoms with Gasteiger partial charge in [-0.15, -0.1) is 0 Å². The number of aliphatic hydroxyl groups is 1. The summed E-state index contributed by atoms with van der Waals surface area (Å²) in [4.78, 5) is 0. The molecule has 148 valence electrons. The van der Waals surface area contributed by atoms with E-state index in [9.17, 15) is 23.4 Å². The first-order valence-electron chi connectivity index (χ1n) is 8.94. The average molecular weight is 376 g/mol. The Balaban J connectivity index is 1.79. The van der Waals surface area contributed by atoms with Crippen molar-refractivity contribution in [2.75, 3.05) is 26.2 Å². The van der Waals surface area contributed by atoms with Crippen LogP contribution in [0.4, 0.5) is 13.2 Å². The van der Waals surface area contributed by atoms with Crippen LogP contribution < -0.4 is 15.4 Å². The quantitative estimate of drug-likeness (QED) is 0.533. The number of phenols is 1. The Morgan fingerprint density at radius 3 is 2.46 bits per heavy atom. The van der Waals surface area contributed by atoms with E-state index in [1.54, 1.807) is 12.1 Å². The number of halogens is 3. The minimum Gasteiger partial charge on any atom is -0.508 e. The van der Waals surface area contributed by atoms with Gasteiger partial charge in [0.25, 0.3) is 0 Å². The standard InChI is InChI=1S/C18H27F3N2O3/c19-18(20,21)8-5-17(13-6-9-22-10-7-13)23-11-15(25)12-26-16-3-1-14(24)2-4-16/h1-4,13,15,17,22-25H,5-12H2/t15-,17?/m0/s1. The van der Waals surface area contributed by atoms with E-state index < -0.39 is 18.7 Å². The zero-order valence-corrected chi connectivity index (χ0v) is 14.6. The van der Waals surface area contributed by atoms with Crippen LogP contribution in [0.15, 0.2) is 24.3 Å². The summed E-state index contributed by atoms with van der Waals surface area (Å²) >= 11 is 0. The number of rotatable bonds is 9. The summed E-state index contributed by atoms with van der Waals surface area (Å²) in [5, 5.41) is 25.6. The molecule has 2 rings (SSSR count). The van der Waals surface area contributed by atoms with Crippen molar-refractivity contribution in [2.45, 2.75) is 44.0 Å². The number of hydrogen-bond donors (Lipinski definition) is 4. The molecule has 0 saturated carbocycles.